The van der Waals surface area contributed by atoms with Gasteiger partial charge < -0.3 is 4.42 Å². The molecule has 0 saturated heterocycles. The topological polar surface area (TPSA) is 30.2 Å². The number of hydrogen-bond acceptors (Lipinski definition) is 2. The van der Waals surface area contributed by atoms with Crippen LogP contribution in [0.2, 0.25) is 0 Å². The van der Waals surface area contributed by atoms with Crippen LogP contribution in [0.15, 0.2) is 39.5 Å². The first-order valence-electron chi connectivity index (χ1n) is 5.71. The van der Waals surface area contributed by atoms with Crippen molar-refractivity contribution in [1.29, 1.82) is 0 Å². The van der Waals surface area contributed by atoms with Crippen LogP contribution in [0, 0.1) is 17.4 Å². The van der Waals surface area contributed by atoms with E-state index < -0.39 is 0 Å². The minimum absolute atomic E-state index is 0.251. The average molecular weight is 350 g/mol. The average Bonchev–Trinajstić information content (AvgIpc) is 2.35. The van der Waals surface area contributed by atoms with Crippen molar-refractivity contribution in [3.63, 3.8) is 0 Å². The number of benzene rings is 2. The number of aryl methyl sites for hydroxylation is 2. The standard InChI is InChI=1S/C15H11IO2/c1-8-7-12-13(15(17)18-8)11-6-4-3-5-10(11)9(2)14(12)16/h3-7H,1-2H3. The van der Waals surface area contributed by atoms with Crippen LogP contribution in [0.25, 0.3) is 21.5 Å². The van der Waals surface area contributed by atoms with Crippen LogP contribution in [-0.2, 0) is 0 Å². The summed E-state index contributed by atoms with van der Waals surface area (Å²) in [7, 11) is 0. The Hall–Kier alpha value is -1.36. The fraction of sp³-hybridized carbons (Fsp3) is 0.133. The van der Waals surface area contributed by atoms with Gasteiger partial charge in [0.15, 0.2) is 0 Å². The Kier molecular flexibility index (Phi) is 2.66. The van der Waals surface area contributed by atoms with E-state index in [9.17, 15) is 4.79 Å². The van der Waals surface area contributed by atoms with Crippen LogP contribution in [0.5, 0.6) is 0 Å². The van der Waals surface area contributed by atoms with E-state index in [-0.39, 0.29) is 5.63 Å². The third kappa shape index (κ3) is 1.57. The summed E-state index contributed by atoms with van der Waals surface area (Å²) in [4.78, 5) is 12.1. The second kappa shape index (κ2) is 4.09. The van der Waals surface area contributed by atoms with Crippen molar-refractivity contribution in [3.05, 3.63) is 55.6 Å². The summed E-state index contributed by atoms with van der Waals surface area (Å²) in [5, 5.41) is 3.76. The molecule has 0 atom stereocenters. The zero-order chi connectivity index (χ0) is 12.9. The first kappa shape index (κ1) is 11.7. The van der Waals surface area contributed by atoms with Crippen LogP contribution in [-0.4, -0.2) is 0 Å². The van der Waals surface area contributed by atoms with Gasteiger partial charge >= 0.3 is 5.63 Å². The molecule has 0 fully saturated rings. The van der Waals surface area contributed by atoms with E-state index in [2.05, 4.69) is 29.5 Å². The van der Waals surface area contributed by atoms with Gasteiger partial charge in [-0.05, 0) is 58.8 Å². The molecule has 0 aliphatic rings. The summed E-state index contributed by atoms with van der Waals surface area (Å²) in [6.07, 6.45) is 0. The van der Waals surface area contributed by atoms with Gasteiger partial charge in [-0.2, -0.15) is 0 Å². The fourth-order valence-electron chi connectivity index (χ4n) is 2.39. The molecule has 0 spiro atoms. The normalized spacial score (nSPS) is 11.3. The van der Waals surface area contributed by atoms with Gasteiger partial charge in [0.2, 0.25) is 0 Å². The third-order valence-electron chi connectivity index (χ3n) is 3.24. The summed E-state index contributed by atoms with van der Waals surface area (Å²) >= 11 is 2.30. The van der Waals surface area contributed by atoms with Gasteiger partial charge in [-0.25, -0.2) is 4.79 Å². The minimum Gasteiger partial charge on any atom is -0.428 e. The van der Waals surface area contributed by atoms with Crippen LogP contribution < -0.4 is 5.63 Å². The molecule has 18 heavy (non-hydrogen) atoms. The first-order chi connectivity index (χ1) is 8.59. The maximum Gasteiger partial charge on any atom is 0.344 e. The Bertz CT molecular complexity index is 831. The SMILES string of the molecule is Cc1cc2c(I)c(C)c3ccccc3c2c(=O)o1. The molecule has 0 amide bonds. The molecule has 0 bridgehead atoms. The Morgan fingerprint density at radius 2 is 1.72 bits per heavy atom. The molecule has 3 rings (SSSR count). The Morgan fingerprint density at radius 3 is 2.44 bits per heavy atom. The van der Waals surface area contributed by atoms with Gasteiger partial charge in [0.1, 0.15) is 5.76 Å². The second-order valence-corrected chi connectivity index (χ2v) is 5.50. The molecule has 1 aromatic heterocycles. The smallest absolute Gasteiger partial charge is 0.344 e. The quantitative estimate of drug-likeness (QED) is 0.450. The predicted octanol–water partition coefficient (Wildman–Crippen LogP) is 4.17. The zero-order valence-electron chi connectivity index (χ0n) is 10.1. The number of fused-ring (bicyclic) bond motifs is 3. The van der Waals surface area contributed by atoms with E-state index in [1.54, 1.807) is 6.92 Å². The van der Waals surface area contributed by atoms with Crippen molar-refractivity contribution < 1.29 is 4.42 Å². The van der Waals surface area contributed by atoms with Gasteiger partial charge in [0, 0.05) is 8.96 Å². The lowest BCUT2D eigenvalue weighted by Gasteiger charge is -2.10. The third-order valence-corrected chi connectivity index (χ3v) is 4.63. The molecule has 90 valence electrons. The van der Waals surface area contributed by atoms with Crippen molar-refractivity contribution in [1.82, 2.24) is 0 Å². The van der Waals surface area contributed by atoms with Crippen molar-refractivity contribution in [2.24, 2.45) is 0 Å². The fourth-order valence-corrected chi connectivity index (χ4v) is 3.10. The molecular weight excluding hydrogens is 339 g/mol. The van der Waals surface area contributed by atoms with Crippen LogP contribution in [0.1, 0.15) is 11.3 Å². The lowest BCUT2D eigenvalue weighted by Crippen LogP contribution is -2.03. The Balaban J connectivity index is 2.74. The van der Waals surface area contributed by atoms with Crippen molar-refractivity contribution >= 4 is 44.1 Å². The highest BCUT2D eigenvalue weighted by Gasteiger charge is 2.13. The Labute approximate surface area is 118 Å². The second-order valence-electron chi connectivity index (χ2n) is 4.42. The number of hydrogen-bond donors (Lipinski definition) is 0. The zero-order valence-corrected chi connectivity index (χ0v) is 12.2. The van der Waals surface area contributed by atoms with E-state index in [0.717, 1.165) is 19.7 Å². The van der Waals surface area contributed by atoms with Crippen LogP contribution >= 0.6 is 22.6 Å². The lowest BCUT2D eigenvalue weighted by molar-refractivity contribution is 0.489. The summed E-state index contributed by atoms with van der Waals surface area (Å²) in [6.45, 7) is 3.90. The van der Waals surface area contributed by atoms with E-state index in [4.69, 9.17) is 4.42 Å². The summed E-state index contributed by atoms with van der Waals surface area (Å²) < 4.78 is 6.36. The van der Waals surface area contributed by atoms with E-state index >= 15 is 0 Å². The van der Waals surface area contributed by atoms with Gasteiger partial charge in [0.25, 0.3) is 0 Å². The molecule has 3 aromatic rings. The van der Waals surface area contributed by atoms with E-state index in [1.165, 1.54) is 5.56 Å². The van der Waals surface area contributed by atoms with Crippen molar-refractivity contribution in [2.75, 3.05) is 0 Å². The van der Waals surface area contributed by atoms with E-state index in [1.807, 2.05) is 30.3 Å². The predicted molar refractivity (Wildman–Crippen MR) is 82.2 cm³/mol. The van der Waals surface area contributed by atoms with Gasteiger partial charge in [-0.1, -0.05) is 24.3 Å². The first-order valence-corrected chi connectivity index (χ1v) is 6.78. The maximum atomic E-state index is 12.1. The summed E-state index contributed by atoms with van der Waals surface area (Å²) in [6, 6.07) is 9.91. The molecule has 2 aromatic carbocycles. The lowest BCUT2D eigenvalue weighted by atomic mass is 9.99. The minimum atomic E-state index is -0.251. The number of rotatable bonds is 0. The van der Waals surface area contributed by atoms with Gasteiger partial charge in [0.05, 0.1) is 5.39 Å². The molecule has 0 aliphatic heterocycles. The highest BCUT2D eigenvalue weighted by Crippen LogP contribution is 2.31. The number of halogens is 1. The molecule has 0 aliphatic carbocycles. The summed E-state index contributed by atoms with van der Waals surface area (Å²) in [5.41, 5.74) is 0.961. The molecule has 3 heteroatoms. The van der Waals surface area contributed by atoms with Gasteiger partial charge in [-0.15, -0.1) is 0 Å². The Morgan fingerprint density at radius 1 is 1.06 bits per heavy atom. The van der Waals surface area contributed by atoms with Crippen LogP contribution in [0.4, 0.5) is 0 Å². The molecular formula is C15H11IO2. The summed E-state index contributed by atoms with van der Waals surface area (Å²) in [5.74, 6) is 0.653. The van der Waals surface area contributed by atoms with Gasteiger partial charge in [-0.3, -0.25) is 0 Å². The maximum absolute atomic E-state index is 12.1. The molecule has 0 saturated carbocycles. The largest absolute Gasteiger partial charge is 0.428 e. The molecule has 1 heterocycles. The highest BCUT2D eigenvalue weighted by atomic mass is 127. The van der Waals surface area contributed by atoms with E-state index in [0.29, 0.717) is 11.1 Å². The molecule has 0 unspecified atom stereocenters. The molecule has 0 N–H and O–H groups in total. The highest BCUT2D eigenvalue weighted by molar-refractivity contribution is 14.1. The van der Waals surface area contributed by atoms with Crippen LogP contribution in [0.3, 0.4) is 0 Å². The monoisotopic (exact) mass is 350 g/mol. The van der Waals surface area contributed by atoms with Crippen molar-refractivity contribution in [2.45, 2.75) is 13.8 Å². The molecule has 0 radical (unpaired) electrons. The van der Waals surface area contributed by atoms with Crippen molar-refractivity contribution in [3.8, 4) is 0 Å². The molecule has 2 nitrogen and oxygen atoms in total.